The Morgan fingerprint density at radius 1 is 1.29 bits per heavy atom. The maximum absolute atomic E-state index is 11.5. The van der Waals surface area contributed by atoms with E-state index in [1.54, 1.807) is 11.8 Å². The molecule has 2 aliphatic rings. The zero-order chi connectivity index (χ0) is 14.7. The van der Waals surface area contributed by atoms with Gasteiger partial charge in [-0.3, -0.25) is 0 Å². The van der Waals surface area contributed by atoms with E-state index >= 15 is 0 Å². The summed E-state index contributed by atoms with van der Waals surface area (Å²) >= 11 is 1.54. The van der Waals surface area contributed by atoms with E-state index in [1.807, 2.05) is 0 Å². The van der Waals surface area contributed by atoms with E-state index < -0.39 is 9.84 Å². The van der Waals surface area contributed by atoms with Crippen LogP contribution < -0.4 is 4.90 Å². The number of nitrogens with one attached hydrogen (secondary N) is 1. The van der Waals surface area contributed by atoms with Crippen molar-refractivity contribution in [1.82, 2.24) is 10.2 Å². The van der Waals surface area contributed by atoms with Gasteiger partial charge in [0.25, 0.3) is 5.22 Å². The van der Waals surface area contributed by atoms with Crippen LogP contribution in [0.5, 0.6) is 0 Å². The Labute approximate surface area is 128 Å². The lowest BCUT2D eigenvalue weighted by molar-refractivity contribution is -0.905. The molecule has 3 heterocycles. The predicted octanol–water partition coefficient (Wildman–Crippen LogP) is -1.02. The average Bonchev–Trinajstić information content (AvgIpc) is 3.06. The summed E-state index contributed by atoms with van der Waals surface area (Å²) < 4.78 is 33.8. The fourth-order valence-electron chi connectivity index (χ4n) is 2.63. The Bertz CT molecular complexity index is 569. The summed E-state index contributed by atoms with van der Waals surface area (Å²) in [4.78, 5) is 1.54. The molecule has 118 valence electrons. The number of ether oxygens (including phenoxy) is 1. The number of morpholine rings is 1. The van der Waals surface area contributed by atoms with Gasteiger partial charge in [-0.25, -0.2) is 8.42 Å². The van der Waals surface area contributed by atoms with E-state index in [2.05, 4.69) is 10.2 Å². The van der Waals surface area contributed by atoms with E-state index in [9.17, 15) is 8.42 Å². The summed E-state index contributed by atoms with van der Waals surface area (Å²) in [5.41, 5.74) is 0. The highest BCUT2D eigenvalue weighted by Crippen LogP contribution is 2.29. The van der Waals surface area contributed by atoms with Crippen LogP contribution in [0.4, 0.5) is 0 Å². The van der Waals surface area contributed by atoms with Crippen molar-refractivity contribution in [3.63, 3.8) is 0 Å². The van der Waals surface area contributed by atoms with Crippen molar-refractivity contribution in [1.29, 1.82) is 0 Å². The summed E-state index contributed by atoms with van der Waals surface area (Å²) in [6, 6.07) is 0. The largest absolute Gasteiger partial charge is 0.416 e. The molecule has 0 unspecified atom stereocenters. The molecule has 2 fully saturated rings. The number of hydrogen-bond acceptors (Lipinski definition) is 7. The Kier molecular flexibility index (Phi) is 4.82. The van der Waals surface area contributed by atoms with E-state index in [-0.39, 0.29) is 17.4 Å². The molecule has 1 atom stereocenters. The van der Waals surface area contributed by atoms with Gasteiger partial charge in [-0.15, -0.1) is 10.2 Å². The molecule has 2 saturated heterocycles. The van der Waals surface area contributed by atoms with Crippen LogP contribution in [-0.2, 0) is 14.6 Å². The lowest BCUT2D eigenvalue weighted by Gasteiger charge is -2.23. The van der Waals surface area contributed by atoms with Crippen LogP contribution in [0, 0.1) is 0 Å². The van der Waals surface area contributed by atoms with Crippen LogP contribution in [0.1, 0.15) is 18.2 Å². The molecular formula is C12H20N3O4S2+. The van der Waals surface area contributed by atoms with Crippen LogP contribution in [0.25, 0.3) is 0 Å². The van der Waals surface area contributed by atoms with E-state index in [1.165, 1.54) is 4.90 Å². The molecular weight excluding hydrogens is 314 g/mol. The van der Waals surface area contributed by atoms with Crippen molar-refractivity contribution in [2.45, 2.75) is 17.6 Å². The maximum Gasteiger partial charge on any atom is 0.276 e. The molecule has 7 nitrogen and oxygen atoms in total. The second kappa shape index (κ2) is 6.64. The number of sulfone groups is 1. The quantitative estimate of drug-likeness (QED) is 0.690. The van der Waals surface area contributed by atoms with Crippen molar-refractivity contribution in [3.8, 4) is 0 Å². The molecule has 1 aromatic rings. The van der Waals surface area contributed by atoms with Gasteiger partial charge < -0.3 is 14.1 Å². The van der Waals surface area contributed by atoms with Gasteiger partial charge in [0, 0.05) is 0 Å². The van der Waals surface area contributed by atoms with Crippen LogP contribution in [-0.4, -0.2) is 68.7 Å². The Balaban J connectivity index is 1.47. The van der Waals surface area contributed by atoms with Crippen LogP contribution in [0.3, 0.4) is 0 Å². The van der Waals surface area contributed by atoms with Gasteiger partial charge in [0.05, 0.1) is 42.9 Å². The fraction of sp³-hybridized carbons (Fsp3) is 0.833. The molecule has 1 N–H and O–H groups in total. The van der Waals surface area contributed by atoms with Gasteiger partial charge in [0.1, 0.15) is 13.1 Å². The van der Waals surface area contributed by atoms with Gasteiger partial charge in [0.15, 0.2) is 9.84 Å². The van der Waals surface area contributed by atoms with Crippen LogP contribution in [0.15, 0.2) is 9.64 Å². The molecule has 0 radical (unpaired) electrons. The molecule has 0 spiro atoms. The normalized spacial score (nSPS) is 26.2. The van der Waals surface area contributed by atoms with E-state index in [0.717, 1.165) is 38.6 Å². The summed E-state index contributed by atoms with van der Waals surface area (Å²) in [5, 5.41) is 8.55. The Morgan fingerprint density at radius 3 is 2.81 bits per heavy atom. The average molecular weight is 334 g/mol. The first-order chi connectivity index (χ1) is 10.1. The second-order valence-corrected chi connectivity index (χ2v) is 8.74. The molecule has 1 aromatic heterocycles. The first kappa shape index (κ1) is 15.3. The van der Waals surface area contributed by atoms with Crippen molar-refractivity contribution in [3.05, 3.63) is 5.89 Å². The topological polar surface area (TPSA) is 86.7 Å². The summed E-state index contributed by atoms with van der Waals surface area (Å²) in [6.45, 7) is 4.82. The minimum atomic E-state index is -2.92. The smallest absolute Gasteiger partial charge is 0.276 e. The number of rotatable bonds is 5. The highest BCUT2D eigenvalue weighted by Gasteiger charge is 2.32. The van der Waals surface area contributed by atoms with Crippen molar-refractivity contribution >= 4 is 21.6 Å². The Morgan fingerprint density at radius 2 is 2.10 bits per heavy atom. The maximum atomic E-state index is 11.5. The third-order valence-electron chi connectivity index (χ3n) is 3.88. The molecule has 2 aliphatic heterocycles. The molecule has 9 heteroatoms. The predicted molar refractivity (Wildman–Crippen MR) is 77.4 cm³/mol. The second-order valence-electron chi connectivity index (χ2n) is 5.47. The van der Waals surface area contributed by atoms with Crippen molar-refractivity contribution < 1.29 is 22.5 Å². The number of aromatic nitrogens is 2. The van der Waals surface area contributed by atoms with E-state index in [0.29, 0.717) is 17.5 Å². The molecule has 0 aliphatic carbocycles. The third kappa shape index (κ3) is 4.18. The fourth-order valence-corrected chi connectivity index (χ4v) is 5.17. The molecule has 0 bridgehead atoms. The molecule has 0 aromatic carbocycles. The van der Waals surface area contributed by atoms with Crippen LogP contribution >= 0.6 is 11.8 Å². The Hall–Kier alpha value is -0.640. The highest BCUT2D eigenvalue weighted by molar-refractivity contribution is 7.99. The van der Waals surface area contributed by atoms with Crippen molar-refractivity contribution in [2.24, 2.45) is 0 Å². The number of hydrogen-bond donors (Lipinski definition) is 1. The van der Waals surface area contributed by atoms with Gasteiger partial charge in [0.2, 0.25) is 5.89 Å². The number of quaternary nitrogens is 1. The minimum absolute atomic E-state index is 0.123. The summed E-state index contributed by atoms with van der Waals surface area (Å²) in [5.74, 6) is 1.62. The minimum Gasteiger partial charge on any atom is -0.416 e. The summed E-state index contributed by atoms with van der Waals surface area (Å²) in [6.07, 6.45) is 0.590. The van der Waals surface area contributed by atoms with Gasteiger partial charge >= 0.3 is 0 Å². The van der Waals surface area contributed by atoms with Gasteiger partial charge in [-0.2, -0.15) is 0 Å². The number of thioether (sulfide) groups is 1. The molecule has 3 rings (SSSR count). The van der Waals surface area contributed by atoms with Crippen molar-refractivity contribution in [2.75, 3.05) is 50.1 Å². The first-order valence-electron chi connectivity index (χ1n) is 7.20. The standard InChI is InChI=1S/C12H19N3O4S2/c16-21(17)8-1-10(9-21)11-13-14-12(19-11)20-7-4-15-2-5-18-6-3-15/h10H,1-9H2/p+1/t10-/m1/s1. The SMILES string of the molecule is O=S1(=O)CC[C@@H](c2nnc(SCC[NH+]3CCOCC3)o2)C1. The molecule has 0 amide bonds. The molecule has 21 heavy (non-hydrogen) atoms. The zero-order valence-electron chi connectivity index (χ0n) is 11.8. The third-order valence-corrected chi connectivity index (χ3v) is 6.47. The molecule has 0 saturated carbocycles. The lowest BCUT2D eigenvalue weighted by Crippen LogP contribution is -3.14. The summed E-state index contributed by atoms with van der Waals surface area (Å²) in [7, 11) is -2.92. The van der Waals surface area contributed by atoms with Gasteiger partial charge in [-0.05, 0) is 6.42 Å². The number of nitrogens with zero attached hydrogens (tertiary/aromatic N) is 2. The highest BCUT2D eigenvalue weighted by atomic mass is 32.2. The first-order valence-corrected chi connectivity index (χ1v) is 10.0. The monoisotopic (exact) mass is 334 g/mol. The van der Waals surface area contributed by atoms with Gasteiger partial charge in [-0.1, -0.05) is 11.8 Å². The van der Waals surface area contributed by atoms with E-state index in [4.69, 9.17) is 9.15 Å². The lowest BCUT2D eigenvalue weighted by atomic mass is 10.1. The van der Waals surface area contributed by atoms with Crippen LogP contribution in [0.2, 0.25) is 0 Å². The zero-order valence-corrected chi connectivity index (χ0v) is 13.4.